The lowest BCUT2D eigenvalue weighted by Crippen LogP contribution is -2.49. The third-order valence-corrected chi connectivity index (χ3v) is 4.78. The Morgan fingerprint density at radius 1 is 1.27 bits per heavy atom. The van der Waals surface area contributed by atoms with Crippen molar-refractivity contribution in [2.45, 2.75) is 65.0 Å². The van der Waals surface area contributed by atoms with Gasteiger partial charge in [-0.25, -0.2) is 9.59 Å². The minimum absolute atomic E-state index is 0.244. The summed E-state index contributed by atoms with van der Waals surface area (Å²) < 4.78 is 15.2. The van der Waals surface area contributed by atoms with E-state index >= 15 is 0 Å². The lowest BCUT2D eigenvalue weighted by atomic mass is 9.79. The highest BCUT2D eigenvalue weighted by Gasteiger charge is 2.36. The third kappa shape index (κ3) is 6.31. The maximum absolute atomic E-state index is 12.7. The normalized spacial score (nSPS) is 23.5. The van der Waals surface area contributed by atoms with Crippen LogP contribution < -0.4 is 0 Å². The van der Waals surface area contributed by atoms with E-state index in [0.29, 0.717) is 12.2 Å². The quantitative estimate of drug-likeness (QED) is 0.279. The average Bonchev–Trinajstić information content (AvgIpc) is 2.60. The van der Waals surface area contributed by atoms with Crippen LogP contribution in [0.2, 0.25) is 0 Å². The zero-order valence-electron chi connectivity index (χ0n) is 15.9. The van der Waals surface area contributed by atoms with Crippen LogP contribution in [0, 0.1) is 11.8 Å². The topological polar surface area (TPSA) is 99.2 Å². The molecule has 0 radical (unpaired) electrons. The molecule has 0 spiro atoms. The minimum atomic E-state index is -1.20. The Morgan fingerprint density at radius 3 is 2.50 bits per heavy atom. The molecular weight excluding hydrogens is 342 g/mol. The van der Waals surface area contributed by atoms with Crippen LogP contribution in [-0.2, 0) is 28.6 Å². The molecule has 4 unspecified atom stereocenters. The average molecular weight is 371 g/mol. The molecule has 0 bridgehead atoms. The first-order valence-corrected chi connectivity index (χ1v) is 8.96. The van der Waals surface area contributed by atoms with E-state index < -0.39 is 30.8 Å². The van der Waals surface area contributed by atoms with Gasteiger partial charge in [-0.3, -0.25) is 9.69 Å². The van der Waals surface area contributed by atoms with Crippen LogP contribution in [0.4, 0.5) is 4.79 Å². The molecule has 1 rings (SSSR count). The van der Waals surface area contributed by atoms with Gasteiger partial charge in [0.25, 0.3) is 0 Å². The standard InChI is InChI=1S/C18H29NO7/c1-5-14-7-6-12(2)10-16(14)26-18(23)19(11-25-13(3)21)15(8-9-20)17(22)24-4/h9,12,14-16H,5-8,10-11H2,1-4H3. The molecule has 0 aromatic heterocycles. The number of esters is 2. The molecule has 1 saturated carbocycles. The van der Waals surface area contributed by atoms with Crippen molar-refractivity contribution in [2.75, 3.05) is 13.8 Å². The van der Waals surface area contributed by atoms with E-state index in [1.165, 1.54) is 6.92 Å². The largest absolute Gasteiger partial charge is 0.467 e. The molecule has 1 aliphatic carbocycles. The second kappa shape index (κ2) is 10.8. The van der Waals surface area contributed by atoms with Gasteiger partial charge in [-0.1, -0.05) is 20.3 Å². The molecule has 8 heteroatoms. The molecular formula is C18H29NO7. The Balaban J connectivity index is 2.95. The van der Waals surface area contributed by atoms with Gasteiger partial charge in [-0.05, 0) is 31.1 Å². The van der Waals surface area contributed by atoms with E-state index in [2.05, 4.69) is 11.7 Å². The van der Waals surface area contributed by atoms with Gasteiger partial charge >= 0.3 is 18.0 Å². The number of hydrogen-bond donors (Lipinski definition) is 0. The van der Waals surface area contributed by atoms with Gasteiger partial charge in [0.15, 0.2) is 6.73 Å². The van der Waals surface area contributed by atoms with Crippen molar-refractivity contribution < 1.29 is 33.4 Å². The number of hydrogen-bond acceptors (Lipinski definition) is 7. The van der Waals surface area contributed by atoms with Crippen molar-refractivity contribution in [3.63, 3.8) is 0 Å². The number of amides is 1. The van der Waals surface area contributed by atoms with E-state index in [4.69, 9.17) is 9.47 Å². The van der Waals surface area contributed by atoms with E-state index in [1.807, 2.05) is 6.92 Å². The zero-order valence-corrected chi connectivity index (χ0v) is 15.9. The highest BCUT2D eigenvalue weighted by atomic mass is 16.6. The van der Waals surface area contributed by atoms with Crippen LogP contribution in [0.15, 0.2) is 0 Å². The van der Waals surface area contributed by atoms with Crippen molar-refractivity contribution in [1.82, 2.24) is 4.90 Å². The van der Waals surface area contributed by atoms with E-state index in [0.717, 1.165) is 37.7 Å². The predicted molar refractivity (Wildman–Crippen MR) is 92.0 cm³/mol. The number of carbonyl (C=O) groups excluding carboxylic acids is 4. The van der Waals surface area contributed by atoms with Gasteiger partial charge in [-0.2, -0.15) is 0 Å². The summed E-state index contributed by atoms with van der Waals surface area (Å²) in [6.45, 7) is 4.85. The molecule has 8 nitrogen and oxygen atoms in total. The highest BCUT2D eigenvalue weighted by molar-refractivity contribution is 5.83. The van der Waals surface area contributed by atoms with Gasteiger partial charge < -0.3 is 19.0 Å². The summed E-state index contributed by atoms with van der Waals surface area (Å²) in [5, 5.41) is 0. The van der Waals surface area contributed by atoms with E-state index in [-0.39, 0.29) is 18.4 Å². The molecule has 0 N–H and O–H groups in total. The van der Waals surface area contributed by atoms with Crippen molar-refractivity contribution in [2.24, 2.45) is 11.8 Å². The number of methoxy groups -OCH3 is 1. The second-order valence-corrected chi connectivity index (χ2v) is 6.68. The fourth-order valence-electron chi connectivity index (χ4n) is 3.21. The van der Waals surface area contributed by atoms with Gasteiger partial charge in [0.2, 0.25) is 0 Å². The van der Waals surface area contributed by atoms with Crippen LogP contribution in [0.25, 0.3) is 0 Å². The molecule has 26 heavy (non-hydrogen) atoms. The van der Waals surface area contributed by atoms with E-state index in [1.54, 1.807) is 0 Å². The fourth-order valence-corrected chi connectivity index (χ4v) is 3.21. The molecule has 0 aliphatic heterocycles. The highest BCUT2D eigenvalue weighted by Crippen LogP contribution is 2.33. The molecule has 0 saturated heterocycles. The van der Waals surface area contributed by atoms with Crippen LogP contribution in [0.5, 0.6) is 0 Å². The molecule has 1 aliphatic rings. The lowest BCUT2D eigenvalue weighted by molar-refractivity contribution is -0.155. The summed E-state index contributed by atoms with van der Waals surface area (Å²) in [4.78, 5) is 47.7. The van der Waals surface area contributed by atoms with Gasteiger partial charge in [0.05, 0.1) is 7.11 Å². The Kier molecular flexibility index (Phi) is 9.09. The van der Waals surface area contributed by atoms with Crippen LogP contribution in [-0.4, -0.2) is 55.2 Å². The fraction of sp³-hybridized carbons (Fsp3) is 0.778. The molecule has 1 fully saturated rings. The number of aldehydes is 1. The van der Waals surface area contributed by atoms with Gasteiger partial charge in [-0.15, -0.1) is 0 Å². The Labute approximate surface area is 154 Å². The van der Waals surface area contributed by atoms with Crippen molar-refractivity contribution in [3.8, 4) is 0 Å². The van der Waals surface area contributed by atoms with Crippen LogP contribution in [0.1, 0.15) is 52.9 Å². The number of nitrogens with zero attached hydrogens (tertiary/aromatic N) is 1. The number of ether oxygens (including phenoxy) is 3. The smallest absolute Gasteiger partial charge is 0.413 e. The van der Waals surface area contributed by atoms with Crippen molar-refractivity contribution in [1.29, 1.82) is 0 Å². The SMILES string of the molecule is CCC1CCC(C)CC1OC(=O)N(COC(C)=O)C(CC=O)C(=O)OC. The molecule has 4 atom stereocenters. The van der Waals surface area contributed by atoms with Crippen LogP contribution in [0.3, 0.4) is 0 Å². The first kappa shape index (κ1) is 21.9. The Hall–Kier alpha value is -2.12. The zero-order chi connectivity index (χ0) is 19.7. The molecule has 0 aromatic carbocycles. The summed E-state index contributed by atoms with van der Waals surface area (Å²) in [6.07, 6.45) is 2.83. The molecule has 148 valence electrons. The third-order valence-electron chi connectivity index (χ3n) is 4.78. The Bertz CT molecular complexity index is 508. The number of rotatable bonds is 8. The molecule has 0 heterocycles. The minimum Gasteiger partial charge on any atom is -0.467 e. The summed E-state index contributed by atoms with van der Waals surface area (Å²) >= 11 is 0. The first-order valence-electron chi connectivity index (χ1n) is 8.96. The summed E-state index contributed by atoms with van der Waals surface area (Å²) in [6, 6.07) is -1.20. The Morgan fingerprint density at radius 2 is 1.96 bits per heavy atom. The van der Waals surface area contributed by atoms with Crippen molar-refractivity contribution >= 4 is 24.3 Å². The second-order valence-electron chi connectivity index (χ2n) is 6.68. The predicted octanol–water partition coefficient (Wildman–Crippen LogP) is 2.29. The van der Waals surface area contributed by atoms with Gasteiger partial charge in [0, 0.05) is 13.3 Å². The molecule has 0 aromatic rings. The first-order chi connectivity index (χ1) is 12.3. The van der Waals surface area contributed by atoms with Crippen LogP contribution >= 0.6 is 0 Å². The number of carbonyl (C=O) groups is 4. The molecule has 1 amide bonds. The van der Waals surface area contributed by atoms with E-state index in [9.17, 15) is 19.2 Å². The summed E-state index contributed by atoms with van der Waals surface area (Å²) in [5.41, 5.74) is 0. The maximum Gasteiger partial charge on any atom is 0.413 e. The van der Waals surface area contributed by atoms with Crippen molar-refractivity contribution in [3.05, 3.63) is 0 Å². The monoisotopic (exact) mass is 371 g/mol. The summed E-state index contributed by atoms with van der Waals surface area (Å²) in [5.74, 6) is -0.710. The van der Waals surface area contributed by atoms with Gasteiger partial charge in [0.1, 0.15) is 18.4 Å². The summed E-state index contributed by atoms with van der Waals surface area (Å²) in [7, 11) is 1.16. The lowest BCUT2D eigenvalue weighted by Gasteiger charge is -2.36. The maximum atomic E-state index is 12.7.